The van der Waals surface area contributed by atoms with Crippen molar-refractivity contribution in [3.63, 3.8) is 0 Å². The van der Waals surface area contributed by atoms with Crippen LogP contribution >= 0.6 is 0 Å². The summed E-state index contributed by atoms with van der Waals surface area (Å²) in [5, 5.41) is 0. The summed E-state index contributed by atoms with van der Waals surface area (Å²) in [6, 6.07) is 0. The summed E-state index contributed by atoms with van der Waals surface area (Å²) in [6.07, 6.45) is 73.9. The van der Waals surface area contributed by atoms with Crippen LogP contribution in [0.25, 0.3) is 0 Å². The van der Waals surface area contributed by atoms with Crippen molar-refractivity contribution in [2.45, 2.75) is 264 Å². The van der Waals surface area contributed by atoms with E-state index in [0.717, 1.165) is 135 Å². The second-order valence-electron chi connectivity index (χ2n) is 18.4. The molecule has 6 nitrogen and oxygen atoms in total. The van der Waals surface area contributed by atoms with Crippen LogP contribution in [0.3, 0.4) is 0 Å². The molecule has 6 heteroatoms. The van der Waals surface area contributed by atoms with Gasteiger partial charge in [0.2, 0.25) is 0 Å². The lowest BCUT2D eigenvalue weighted by molar-refractivity contribution is -0.167. The summed E-state index contributed by atoms with van der Waals surface area (Å²) in [4.78, 5) is 38.2. The molecular weight excluding hydrogens is 841 g/mol. The number of esters is 3. The average Bonchev–Trinajstić information content (AvgIpc) is 3.34. The zero-order valence-electron chi connectivity index (χ0n) is 44.3. The summed E-state index contributed by atoms with van der Waals surface area (Å²) < 4.78 is 16.8. The average molecular weight is 946 g/mol. The second kappa shape index (κ2) is 55.9. The zero-order valence-corrected chi connectivity index (χ0v) is 44.3. The molecule has 0 N–H and O–H groups in total. The van der Waals surface area contributed by atoms with E-state index < -0.39 is 6.10 Å². The minimum Gasteiger partial charge on any atom is -0.462 e. The number of unbranched alkanes of at least 4 members (excludes halogenated alkanes) is 23. The van der Waals surface area contributed by atoms with Gasteiger partial charge in [-0.1, -0.05) is 221 Å². The van der Waals surface area contributed by atoms with E-state index >= 15 is 0 Å². The molecule has 0 spiro atoms. The Hall–Kier alpha value is -3.67. The third kappa shape index (κ3) is 53.3. The Kier molecular flexibility index (Phi) is 52.9. The molecule has 1 atom stereocenters. The molecule has 68 heavy (non-hydrogen) atoms. The third-order valence-electron chi connectivity index (χ3n) is 11.8. The van der Waals surface area contributed by atoms with Crippen molar-refractivity contribution in [3.8, 4) is 0 Å². The van der Waals surface area contributed by atoms with Gasteiger partial charge in [-0.2, -0.15) is 0 Å². The molecular formula is C62H104O6. The maximum Gasteiger partial charge on any atom is 0.306 e. The highest BCUT2D eigenvalue weighted by atomic mass is 16.6. The molecule has 0 aliphatic heterocycles. The van der Waals surface area contributed by atoms with E-state index in [4.69, 9.17) is 14.2 Å². The van der Waals surface area contributed by atoms with Crippen LogP contribution in [0.5, 0.6) is 0 Å². The first-order valence-electron chi connectivity index (χ1n) is 28.2. The van der Waals surface area contributed by atoms with Crippen LogP contribution in [0.2, 0.25) is 0 Å². The minimum absolute atomic E-state index is 0.0921. The van der Waals surface area contributed by atoms with Crippen molar-refractivity contribution in [1.82, 2.24) is 0 Å². The largest absolute Gasteiger partial charge is 0.462 e. The normalized spacial score (nSPS) is 12.8. The molecule has 0 heterocycles. The molecule has 0 saturated heterocycles. The molecule has 0 aromatic carbocycles. The van der Waals surface area contributed by atoms with Crippen molar-refractivity contribution < 1.29 is 28.6 Å². The lowest BCUT2D eigenvalue weighted by atomic mass is 10.1. The number of carbonyl (C=O) groups excluding carboxylic acids is 3. The van der Waals surface area contributed by atoms with Gasteiger partial charge in [0.05, 0.1) is 0 Å². The van der Waals surface area contributed by atoms with Gasteiger partial charge in [0.1, 0.15) is 13.2 Å². The molecule has 0 rings (SSSR count). The van der Waals surface area contributed by atoms with Crippen LogP contribution < -0.4 is 0 Å². The molecule has 388 valence electrons. The van der Waals surface area contributed by atoms with E-state index in [1.165, 1.54) is 83.5 Å². The Balaban J connectivity index is 4.45. The summed E-state index contributed by atoms with van der Waals surface area (Å²) in [7, 11) is 0. The summed E-state index contributed by atoms with van der Waals surface area (Å²) in [5.74, 6) is -0.922. The van der Waals surface area contributed by atoms with Gasteiger partial charge in [-0.3, -0.25) is 14.4 Å². The molecule has 1 unspecified atom stereocenters. The molecule has 0 bridgehead atoms. The monoisotopic (exact) mass is 945 g/mol. The number of ether oxygens (including phenoxy) is 3. The second-order valence-corrected chi connectivity index (χ2v) is 18.4. The predicted octanol–water partition coefficient (Wildman–Crippen LogP) is 18.9. The van der Waals surface area contributed by atoms with Crippen molar-refractivity contribution in [2.24, 2.45) is 0 Å². The standard InChI is InChI=1S/C62H104O6/c1-4-7-10-13-16-19-22-25-28-31-34-37-40-43-46-49-52-55-61(64)67-58-59(57-66-60(63)54-51-48-45-42-39-36-33-30-27-24-21-18-15-12-9-6-3)68-62(65)56-53-50-47-44-41-38-35-32-29-26-23-20-17-14-11-8-5-2/h7-8,10-11,16-17,19-21,24-26,28-30,33,59H,4-6,9,12-15,18,22-23,27,31-32,34-58H2,1-3H3/b10-7-,11-8-,19-16-,20-17-,24-21-,28-25-,29-26-,33-30-. The number of hydrogen-bond donors (Lipinski definition) is 0. The van der Waals surface area contributed by atoms with E-state index in [1.807, 2.05) is 0 Å². The predicted molar refractivity (Wildman–Crippen MR) is 293 cm³/mol. The quantitative estimate of drug-likeness (QED) is 0.0262. The van der Waals surface area contributed by atoms with E-state index in [-0.39, 0.29) is 31.1 Å². The molecule has 0 aliphatic rings. The van der Waals surface area contributed by atoms with Crippen LogP contribution in [0.1, 0.15) is 258 Å². The van der Waals surface area contributed by atoms with Gasteiger partial charge in [-0.15, -0.1) is 0 Å². The Morgan fingerprint density at radius 2 is 0.574 bits per heavy atom. The number of rotatable bonds is 50. The first-order valence-corrected chi connectivity index (χ1v) is 28.2. The lowest BCUT2D eigenvalue weighted by Gasteiger charge is -2.18. The SMILES string of the molecule is CC/C=C\C/C=C\C/C=C\CCCCCCCCCC(=O)OCC(COC(=O)CCCCCCC/C=C\C/C=C\CCCCCC)OC(=O)CCCCCCCCC/C=C\C/C=C\C/C=C\CC. The molecule has 0 aliphatic carbocycles. The van der Waals surface area contributed by atoms with Gasteiger partial charge in [-0.05, 0) is 116 Å². The third-order valence-corrected chi connectivity index (χ3v) is 11.8. The Morgan fingerprint density at radius 1 is 0.309 bits per heavy atom. The Morgan fingerprint density at radius 3 is 0.897 bits per heavy atom. The van der Waals surface area contributed by atoms with Gasteiger partial charge >= 0.3 is 17.9 Å². The van der Waals surface area contributed by atoms with Crippen molar-refractivity contribution >= 4 is 17.9 Å². The van der Waals surface area contributed by atoms with E-state index in [9.17, 15) is 14.4 Å². The highest BCUT2D eigenvalue weighted by Crippen LogP contribution is 2.14. The fourth-order valence-electron chi connectivity index (χ4n) is 7.62. The van der Waals surface area contributed by atoms with E-state index in [0.29, 0.717) is 19.3 Å². The first-order chi connectivity index (χ1) is 33.5. The van der Waals surface area contributed by atoms with Crippen LogP contribution in [0.15, 0.2) is 97.2 Å². The van der Waals surface area contributed by atoms with E-state index in [1.54, 1.807) is 0 Å². The Labute approximate surface area is 419 Å². The van der Waals surface area contributed by atoms with Crippen molar-refractivity contribution in [1.29, 1.82) is 0 Å². The van der Waals surface area contributed by atoms with Gasteiger partial charge in [-0.25, -0.2) is 0 Å². The number of allylic oxidation sites excluding steroid dienone is 16. The van der Waals surface area contributed by atoms with E-state index in [2.05, 4.69) is 118 Å². The first kappa shape index (κ1) is 64.3. The fraction of sp³-hybridized carbons (Fsp3) is 0.694. The fourth-order valence-corrected chi connectivity index (χ4v) is 7.62. The molecule has 0 radical (unpaired) electrons. The smallest absolute Gasteiger partial charge is 0.306 e. The van der Waals surface area contributed by atoms with Crippen LogP contribution in [0, 0.1) is 0 Å². The lowest BCUT2D eigenvalue weighted by Crippen LogP contribution is -2.30. The van der Waals surface area contributed by atoms with Gasteiger partial charge in [0.25, 0.3) is 0 Å². The molecule has 0 fully saturated rings. The Bertz CT molecular complexity index is 1360. The number of hydrogen-bond acceptors (Lipinski definition) is 6. The topological polar surface area (TPSA) is 78.9 Å². The minimum atomic E-state index is -0.794. The van der Waals surface area contributed by atoms with Gasteiger partial charge < -0.3 is 14.2 Å². The maximum atomic E-state index is 12.9. The molecule has 0 aromatic rings. The summed E-state index contributed by atoms with van der Waals surface area (Å²) >= 11 is 0. The van der Waals surface area contributed by atoms with Crippen LogP contribution in [0.4, 0.5) is 0 Å². The zero-order chi connectivity index (χ0) is 49.3. The van der Waals surface area contributed by atoms with Crippen molar-refractivity contribution in [2.75, 3.05) is 13.2 Å². The van der Waals surface area contributed by atoms with Crippen molar-refractivity contribution in [3.05, 3.63) is 97.2 Å². The van der Waals surface area contributed by atoms with Crippen LogP contribution in [-0.4, -0.2) is 37.2 Å². The summed E-state index contributed by atoms with van der Waals surface area (Å²) in [6.45, 7) is 6.38. The molecule has 0 saturated carbocycles. The molecule has 0 amide bonds. The van der Waals surface area contributed by atoms with Gasteiger partial charge in [0, 0.05) is 19.3 Å². The maximum absolute atomic E-state index is 12.9. The van der Waals surface area contributed by atoms with Crippen LogP contribution in [-0.2, 0) is 28.6 Å². The highest BCUT2D eigenvalue weighted by Gasteiger charge is 2.19. The van der Waals surface area contributed by atoms with Gasteiger partial charge in [0.15, 0.2) is 6.10 Å². The number of carbonyl (C=O) groups is 3. The molecule has 0 aromatic heterocycles. The highest BCUT2D eigenvalue weighted by molar-refractivity contribution is 5.71. The summed E-state index contributed by atoms with van der Waals surface area (Å²) in [5.41, 5.74) is 0.